The van der Waals surface area contributed by atoms with Gasteiger partial charge in [-0.05, 0) is 0 Å². The van der Waals surface area contributed by atoms with Gasteiger partial charge >= 0.3 is 0 Å². The van der Waals surface area contributed by atoms with Gasteiger partial charge in [0.25, 0.3) is 0 Å². The summed E-state index contributed by atoms with van der Waals surface area (Å²) in [5.74, 6) is 0. The second-order valence-electron chi connectivity index (χ2n) is 0.224. The third-order valence-corrected chi connectivity index (χ3v) is 0. The molecular weight excluding hydrogens is 247 g/mol. The molecular formula is H12NO9Y-. The molecule has 0 aliphatic carbocycles. The molecule has 1 radical (unpaired) electrons. The molecule has 0 aliphatic heterocycles. The van der Waals surface area contributed by atoms with Gasteiger partial charge in [0.1, 0.15) is 0 Å². The van der Waals surface area contributed by atoms with Crippen LogP contribution in [0.15, 0.2) is 0 Å². The van der Waals surface area contributed by atoms with Gasteiger partial charge in [-0.2, -0.15) is 0 Å². The number of hydrogen-bond donors (Lipinski definition) is 0. The first kappa shape index (κ1) is 119. The topological polar surface area (TPSA) is 255 Å². The first-order chi connectivity index (χ1) is 1.73. The molecule has 0 heterocycles. The third kappa shape index (κ3) is 160000. The van der Waals surface area contributed by atoms with Crippen molar-refractivity contribution in [1.82, 2.24) is 0 Å². The zero-order valence-corrected chi connectivity index (χ0v) is 8.09. The van der Waals surface area contributed by atoms with Crippen LogP contribution in [0, 0.1) is 15.3 Å². The van der Waals surface area contributed by atoms with Gasteiger partial charge < -0.3 is 48.2 Å². The number of hydrogen-bond acceptors (Lipinski definition) is 3. The molecule has 0 rings (SSSR count). The molecule has 0 aromatic rings. The first-order valence-corrected chi connectivity index (χ1v) is 0.548. The van der Waals surface area contributed by atoms with Crippen LogP contribution in [-0.4, -0.2) is 37.9 Å². The van der Waals surface area contributed by atoms with Crippen molar-refractivity contribution in [2.45, 2.75) is 0 Å². The Hall–Kier alpha value is 0.0639. The van der Waals surface area contributed by atoms with E-state index in [0.717, 1.165) is 0 Å². The van der Waals surface area contributed by atoms with Crippen LogP contribution in [0.4, 0.5) is 0 Å². The van der Waals surface area contributed by atoms with Crippen LogP contribution in [0.5, 0.6) is 0 Å². The Kier molecular flexibility index (Phi) is 956. The molecule has 0 unspecified atom stereocenters. The van der Waals surface area contributed by atoms with Gasteiger partial charge in [-0.3, -0.25) is 0 Å². The molecule has 11 heteroatoms. The molecule has 10 nitrogen and oxygen atoms in total. The maximum Gasteiger partial charge on any atom is 0.0689 e. The predicted octanol–water partition coefficient (Wildman–Crippen LogP) is -5.19. The van der Waals surface area contributed by atoms with Crippen molar-refractivity contribution in [2.24, 2.45) is 0 Å². The van der Waals surface area contributed by atoms with Crippen LogP contribution >= 0.6 is 0 Å². The molecule has 75 valence electrons. The van der Waals surface area contributed by atoms with E-state index in [1.54, 1.807) is 0 Å². The minimum absolute atomic E-state index is 0. The Bertz CT molecular complexity index is 32.5. The third-order valence-electron chi connectivity index (χ3n) is 0. The van der Waals surface area contributed by atoms with E-state index < -0.39 is 5.09 Å². The van der Waals surface area contributed by atoms with Crippen molar-refractivity contribution in [3.8, 4) is 0 Å². The summed E-state index contributed by atoms with van der Waals surface area (Å²) in [5, 5.41) is 14.8. The van der Waals surface area contributed by atoms with Gasteiger partial charge in [-0.25, -0.2) is 0 Å². The van der Waals surface area contributed by atoms with E-state index in [1.165, 1.54) is 0 Å². The van der Waals surface area contributed by atoms with Crippen molar-refractivity contribution in [2.75, 3.05) is 0 Å². The smallest absolute Gasteiger partial charge is 0.0689 e. The van der Waals surface area contributed by atoms with E-state index in [4.69, 9.17) is 15.3 Å². The summed E-state index contributed by atoms with van der Waals surface area (Å²) in [6.45, 7) is 0. The summed E-state index contributed by atoms with van der Waals surface area (Å²) in [6, 6.07) is 0. The Morgan fingerprint density at radius 1 is 0.727 bits per heavy atom. The molecule has 11 heavy (non-hydrogen) atoms. The van der Waals surface area contributed by atoms with E-state index in [2.05, 4.69) is 0 Å². The van der Waals surface area contributed by atoms with E-state index in [9.17, 15) is 0 Å². The monoisotopic (exact) mass is 259 g/mol. The van der Waals surface area contributed by atoms with Gasteiger partial charge in [0, 0.05) is 32.7 Å². The summed E-state index contributed by atoms with van der Waals surface area (Å²) in [4.78, 5) is 8.25. The molecule has 0 amide bonds. The van der Waals surface area contributed by atoms with Crippen LogP contribution in [0.3, 0.4) is 0 Å². The zero-order chi connectivity index (χ0) is 3.58. The van der Waals surface area contributed by atoms with Crippen LogP contribution in [-0.2, 0) is 32.7 Å². The molecule has 12 N–H and O–H groups in total. The molecule has 0 saturated carbocycles. The second-order valence-corrected chi connectivity index (χ2v) is 0.224. The van der Waals surface area contributed by atoms with Crippen LogP contribution in [0.1, 0.15) is 0 Å². The second kappa shape index (κ2) is 88.1. The molecule has 0 atom stereocenters. The fourth-order valence-corrected chi connectivity index (χ4v) is 0. The summed E-state index contributed by atoms with van der Waals surface area (Å²) >= 11 is 0. The van der Waals surface area contributed by atoms with E-state index in [0.29, 0.717) is 0 Å². The standard InChI is InChI=1S/NO3.6H2O.Y/c2-1(3)4;;;;;;;/h;6*1H2;/q-1;;;;;;;. The SMILES string of the molecule is O.O.O.O.O.O.O=[N+]([O-])[O-].[Y]. The Balaban J connectivity index is -0.00000000214. The van der Waals surface area contributed by atoms with Gasteiger partial charge in [0.05, 0.1) is 5.09 Å². The normalized spacial score (nSPS) is 2.18. The van der Waals surface area contributed by atoms with Gasteiger partial charge in [0.2, 0.25) is 0 Å². The average molecular weight is 259 g/mol. The summed E-state index contributed by atoms with van der Waals surface area (Å²) in [6.07, 6.45) is 0. The summed E-state index contributed by atoms with van der Waals surface area (Å²) in [7, 11) is 0. The molecule has 0 aromatic carbocycles. The van der Waals surface area contributed by atoms with E-state index >= 15 is 0 Å². The van der Waals surface area contributed by atoms with Crippen LogP contribution in [0.25, 0.3) is 0 Å². The molecule has 0 aliphatic rings. The number of rotatable bonds is 0. The van der Waals surface area contributed by atoms with Gasteiger partial charge in [-0.15, -0.1) is 0 Å². The summed E-state index contributed by atoms with van der Waals surface area (Å²) < 4.78 is 0. The van der Waals surface area contributed by atoms with Crippen LogP contribution in [0.2, 0.25) is 0 Å². The minimum Gasteiger partial charge on any atom is -0.412 e. The first-order valence-electron chi connectivity index (χ1n) is 0.548. The van der Waals surface area contributed by atoms with Crippen molar-refractivity contribution >= 4 is 0 Å². The largest absolute Gasteiger partial charge is 0.412 e. The minimum atomic E-state index is -1.75. The molecule has 0 aromatic heterocycles. The predicted molar refractivity (Wildman–Crippen MR) is 32.0 cm³/mol. The maximum absolute atomic E-state index is 8.25. The van der Waals surface area contributed by atoms with Crippen molar-refractivity contribution in [3.63, 3.8) is 0 Å². The quantitative estimate of drug-likeness (QED) is 0.305. The van der Waals surface area contributed by atoms with E-state index in [-0.39, 0.29) is 65.6 Å². The Labute approximate surface area is 86.0 Å². The fourth-order valence-electron chi connectivity index (χ4n) is 0. The fraction of sp³-hybridized carbons (Fsp3) is 0. The van der Waals surface area contributed by atoms with Crippen molar-refractivity contribution < 1.29 is 70.7 Å². The van der Waals surface area contributed by atoms with Gasteiger partial charge in [0.15, 0.2) is 0 Å². The van der Waals surface area contributed by atoms with Crippen LogP contribution < -0.4 is 0 Å². The van der Waals surface area contributed by atoms with E-state index in [1.807, 2.05) is 0 Å². The van der Waals surface area contributed by atoms with Crippen molar-refractivity contribution in [1.29, 1.82) is 0 Å². The zero-order valence-electron chi connectivity index (χ0n) is 5.25. The van der Waals surface area contributed by atoms with Crippen molar-refractivity contribution in [3.05, 3.63) is 15.3 Å². The molecule has 0 spiro atoms. The molecule has 0 saturated heterocycles. The molecule has 0 bridgehead atoms. The maximum atomic E-state index is 8.25. The average Bonchev–Trinajstić information content (AvgIpc) is 0.811. The summed E-state index contributed by atoms with van der Waals surface area (Å²) in [5.41, 5.74) is 0. The van der Waals surface area contributed by atoms with Gasteiger partial charge in [-0.1, -0.05) is 0 Å². The Morgan fingerprint density at radius 3 is 0.727 bits per heavy atom. The molecule has 0 fully saturated rings. The Morgan fingerprint density at radius 2 is 0.727 bits per heavy atom. The number of nitrogens with zero attached hydrogens (tertiary/aromatic N) is 1.